The van der Waals surface area contributed by atoms with Gasteiger partial charge >= 0.3 is 0 Å². The fourth-order valence-corrected chi connectivity index (χ4v) is 3.44. The van der Waals surface area contributed by atoms with Crippen LogP contribution in [-0.2, 0) is 13.1 Å². The number of benzene rings is 2. The van der Waals surface area contributed by atoms with Crippen molar-refractivity contribution in [3.8, 4) is 0 Å². The first-order valence-corrected chi connectivity index (χ1v) is 10.1. The van der Waals surface area contributed by atoms with Gasteiger partial charge in [0.15, 0.2) is 5.82 Å². The van der Waals surface area contributed by atoms with Gasteiger partial charge in [0.2, 0.25) is 0 Å². The third-order valence-electron chi connectivity index (χ3n) is 4.63. The maximum absolute atomic E-state index is 12.7. The van der Waals surface area contributed by atoms with Crippen molar-refractivity contribution in [3.63, 3.8) is 0 Å². The van der Waals surface area contributed by atoms with Gasteiger partial charge in [-0.1, -0.05) is 41.4 Å². The quantitative estimate of drug-likeness (QED) is 0.457. The average molecular weight is 440 g/mol. The van der Waals surface area contributed by atoms with Gasteiger partial charge in [-0.2, -0.15) is 10.2 Å². The molecule has 4 rings (SSSR count). The Hall–Kier alpha value is -3.09. The highest BCUT2D eigenvalue weighted by molar-refractivity contribution is 6.42. The smallest absolute Gasteiger partial charge is 0.256 e. The summed E-state index contributed by atoms with van der Waals surface area (Å²) in [6.07, 6.45) is 3.61. The second-order valence-electron chi connectivity index (χ2n) is 6.94. The first-order chi connectivity index (χ1) is 14.5. The third-order valence-corrected chi connectivity index (χ3v) is 5.37. The van der Waals surface area contributed by atoms with Gasteiger partial charge in [-0.05, 0) is 48.4 Å². The van der Waals surface area contributed by atoms with Gasteiger partial charge in [-0.15, -0.1) is 0 Å². The molecule has 0 aliphatic rings. The fourth-order valence-electron chi connectivity index (χ4n) is 3.12. The summed E-state index contributed by atoms with van der Waals surface area (Å²) < 4.78 is 3.62. The summed E-state index contributed by atoms with van der Waals surface area (Å²) in [5.74, 6) is 0.284. The molecule has 0 atom stereocenters. The number of amides is 1. The molecule has 2 heterocycles. The van der Waals surface area contributed by atoms with Crippen molar-refractivity contribution in [1.82, 2.24) is 19.6 Å². The van der Waals surface area contributed by atoms with E-state index in [0.717, 1.165) is 16.8 Å². The largest absolute Gasteiger partial charge is 0.305 e. The Bertz CT molecular complexity index is 1180. The summed E-state index contributed by atoms with van der Waals surface area (Å²) in [5.41, 5.74) is 3.45. The van der Waals surface area contributed by atoms with E-state index in [-0.39, 0.29) is 5.91 Å². The maximum atomic E-state index is 12.7. The van der Waals surface area contributed by atoms with Crippen molar-refractivity contribution in [1.29, 1.82) is 0 Å². The highest BCUT2D eigenvalue weighted by atomic mass is 35.5. The number of aromatic nitrogens is 4. The lowest BCUT2D eigenvalue weighted by atomic mass is 10.1. The Morgan fingerprint density at radius 1 is 1.00 bits per heavy atom. The topological polar surface area (TPSA) is 64.7 Å². The molecule has 1 amide bonds. The molecule has 30 heavy (non-hydrogen) atoms. The zero-order valence-corrected chi connectivity index (χ0v) is 17.7. The summed E-state index contributed by atoms with van der Waals surface area (Å²) in [6, 6.07) is 16.6. The molecule has 0 radical (unpaired) electrons. The molecule has 4 aromatic rings. The molecule has 2 aromatic heterocycles. The van der Waals surface area contributed by atoms with Gasteiger partial charge < -0.3 is 5.32 Å². The SMILES string of the molecule is Cc1cc(NC(=O)c2cccc(Cn3cccn3)c2)nn1Cc1ccc(Cl)c(Cl)c1. The van der Waals surface area contributed by atoms with Crippen molar-refractivity contribution in [3.05, 3.63) is 99.4 Å². The first-order valence-electron chi connectivity index (χ1n) is 9.34. The van der Waals surface area contributed by atoms with Gasteiger partial charge in [0, 0.05) is 29.7 Å². The predicted molar refractivity (Wildman–Crippen MR) is 118 cm³/mol. The van der Waals surface area contributed by atoms with E-state index in [4.69, 9.17) is 23.2 Å². The summed E-state index contributed by atoms with van der Waals surface area (Å²) in [7, 11) is 0. The normalized spacial score (nSPS) is 10.9. The minimum atomic E-state index is -0.212. The highest BCUT2D eigenvalue weighted by Crippen LogP contribution is 2.23. The van der Waals surface area contributed by atoms with E-state index >= 15 is 0 Å². The second kappa shape index (κ2) is 8.73. The molecule has 6 nitrogen and oxygen atoms in total. The van der Waals surface area contributed by atoms with Gasteiger partial charge in [0.25, 0.3) is 5.91 Å². The minimum Gasteiger partial charge on any atom is -0.305 e. The van der Waals surface area contributed by atoms with Gasteiger partial charge in [0.05, 0.1) is 23.1 Å². The molecule has 2 aromatic carbocycles. The summed E-state index contributed by atoms with van der Waals surface area (Å²) in [6.45, 7) is 3.06. The third kappa shape index (κ3) is 4.72. The van der Waals surface area contributed by atoms with Crippen LogP contribution in [0.4, 0.5) is 5.82 Å². The standard InChI is InChI=1S/C22H19Cl2N5O/c1-15-10-21(27-29(15)14-17-6-7-19(23)20(24)12-17)26-22(30)18-5-2-4-16(11-18)13-28-9-3-8-25-28/h2-12H,13-14H2,1H3,(H,26,27,30). The number of carbonyl (C=O) groups is 1. The minimum absolute atomic E-state index is 0.212. The molecule has 0 fully saturated rings. The van der Waals surface area contributed by atoms with E-state index in [9.17, 15) is 4.79 Å². The monoisotopic (exact) mass is 439 g/mol. The lowest BCUT2D eigenvalue weighted by Gasteiger charge is -2.07. The zero-order valence-electron chi connectivity index (χ0n) is 16.2. The van der Waals surface area contributed by atoms with Crippen molar-refractivity contribution in [2.24, 2.45) is 0 Å². The molecule has 0 spiro atoms. The molecule has 1 N–H and O–H groups in total. The molecule has 0 aliphatic carbocycles. The van der Waals surface area contributed by atoms with Crippen LogP contribution in [0.2, 0.25) is 10.0 Å². The zero-order chi connectivity index (χ0) is 21.1. The fraction of sp³-hybridized carbons (Fsp3) is 0.136. The highest BCUT2D eigenvalue weighted by Gasteiger charge is 2.12. The molecular weight excluding hydrogens is 421 g/mol. The Labute approximate surface area is 184 Å². The van der Waals surface area contributed by atoms with Crippen LogP contribution in [0.5, 0.6) is 0 Å². The van der Waals surface area contributed by atoms with Gasteiger partial charge in [-0.3, -0.25) is 14.2 Å². The Kier molecular flexibility index (Phi) is 5.88. The predicted octanol–water partition coefficient (Wildman–Crippen LogP) is 5.04. The molecule has 0 unspecified atom stereocenters. The molecule has 0 aliphatic heterocycles. The van der Waals surface area contributed by atoms with Crippen LogP contribution >= 0.6 is 23.2 Å². The number of nitrogens with one attached hydrogen (secondary N) is 1. The van der Waals surface area contributed by atoms with Crippen LogP contribution < -0.4 is 5.32 Å². The summed E-state index contributed by atoms with van der Waals surface area (Å²) in [4.78, 5) is 12.7. The van der Waals surface area contributed by atoms with Gasteiger partial charge in [0.1, 0.15) is 0 Å². The molecule has 0 saturated heterocycles. The van der Waals surface area contributed by atoms with Crippen LogP contribution in [0.3, 0.4) is 0 Å². The van der Waals surface area contributed by atoms with Crippen molar-refractivity contribution < 1.29 is 4.79 Å². The lowest BCUT2D eigenvalue weighted by molar-refractivity contribution is 0.102. The van der Waals surface area contributed by atoms with Crippen molar-refractivity contribution >= 4 is 34.9 Å². The maximum Gasteiger partial charge on any atom is 0.256 e. The molecular formula is C22H19Cl2N5O. The summed E-state index contributed by atoms with van der Waals surface area (Å²) in [5, 5.41) is 12.6. The van der Waals surface area contributed by atoms with E-state index in [2.05, 4.69) is 15.5 Å². The number of hydrogen-bond donors (Lipinski definition) is 1. The van der Waals surface area contributed by atoms with Crippen molar-refractivity contribution in [2.75, 3.05) is 5.32 Å². The van der Waals surface area contributed by atoms with Crippen molar-refractivity contribution in [2.45, 2.75) is 20.0 Å². The number of carbonyl (C=O) groups excluding carboxylic acids is 1. The van der Waals surface area contributed by atoms with E-state index in [0.29, 0.717) is 34.5 Å². The molecule has 152 valence electrons. The van der Waals surface area contributed by atoms with E-state index in [1.807, 2.05) is 64.9 Å². The first kappa shape index (κ1) is 20.2. The van der Waals surface area contributed by atoms with Crippen LogP contribution in [-0.4, -0.2) is 25.5 Å². The molecule has 0 bridgehead atoms. The number of halogens is 2. The number of hydrogen-bond acceptors (Lipinski definition) is 3. The summed E-state index contributed by atoms with van der Waals surface area (Å²) >= 11 is 12.1. The Morgan fingerprint density at radius 3 is 2.60 bits per heavy atom. The van der Waals surface area contributed by atoms with Crippen LogP contribution in [0, 0.1) is 6.92 Å². The number of nitrogens with zero attached hydrogens (tertiary/aromatic N) is 4. The second-order valence-corrected chi connectivity index (χ2v) is 7.75. The van der Waals surface area contributed by atoms with Crippen LogP contribution in [0.25, 0.3) is 0 Å². The molecule has 8 heteroatoms. The Balaban J connectivity index is 1.46. The van der Waals surface area contributed by atoms with E-state index in [1.54, 1.807) is 18.3 Å². The Morgan fingerprint density at radius 2 is 1.83 bits per heavy atom. The lowest BCUT2D eigenvalue weighted by Crippen LogP contribution is -2.13. The number of anilines is 1. The molecule has 0 saturated carbocycles. The van der Waals surface area contributed by atoms with Crippen LogP contribution in [0.15, 0.2) is 67.0 Å². The van der Waals surface area contributed by atoms with Gasteiger partial charge in [-0.25, -0.2) is 0 Å². The number of rotatable bonds is 6. The number of aryl methyl sites for hydroxylation is 1. The average Bonchev–Trinajstić information content (AvgIpc) is 3.35. The van der Waals surface area contributed by atoms with E-state index in [1.165, 1.54) is 0 Å². The van der Waals surface area contributed by atoms with Crippen LogP contribution in [0.1, 0.15) is 27.2 Å². The van der Waals surface area contributed by atoms with E-state index < -0.39 is 0 Å².